The van der Waals surface area contributed by atoms with Crippen molar-refractivity contribution < 1.29 is 17.8 Å². The highest BCUT2D eigenvalue weighted by molar-refractivity contribution is 8.26. The number of amides is 1. The molecule has 0 spiro atoms. The van der Waals surface area contributed by atoms with Gasteiger partial charge in [0.15, 0.2) is 0 Å². The zero-order valence-corrected chi connectivity index (χ0v) is 13.8. The van der Waals surface area contributed by atoms with Crippen molar-refractivity contribution in [2.24, 2.45) is 0 Å². The molecule has 1 amide bonds. The summed E-state index contributed by atoms with van der Waals surface area (Å²) in [4.78, 5) is 13.7. The first-order valence-corrected chi connectivity index (χ1v) is 9.12. The molecule has 1 fully saturated rings. The zero-order chi connectivity index (χ0) is 16.2. The second kappa shape index (κ2) is 7.19. The van der Waals surface area contributed by atoms with E-state index >= 15 is 0 Å². The van der Waals surface area contributed by atoms with Crippen molar-refractivity contribution in [3.05, 3.63) is 53.0 Å². The van der Waals surface area contributed by atoms with Gasteiger partial charge >= 0.3 is 0 Å². The molecule has 0 unspecified atom stereocenters. The molecule has 0 bridgehead atoms. The van der Waals surface area contributed by atoms with E-state index in [0.717, 1.165) is 17.3 Å². The summed E-state index contributed by atoms with van der Waals surface area (Å²) in [6.45, 7) is -0.150. The highest BCUT2D eigenvalue weighted by Gasteiger charge is 2.32. The van der Waals surface area contributed by atoms with E-state index in [4.69, 9.17) is 16.8 Å². The van der Waals surface area contributed by atoms with E-state index in [9.17, 15) is 13.2 Å². The van der Waals surface area contributed by atoms with Crippen LogP contribution in [-0.4, -0.2) is 40.4 Å². The molecule has 2 rings (SSSR count). The number of carbonyl (C=O) groups is 1. The second-order valence-electron chi connectivity index (χ2n) is 4.41. The van der Waals surface area contributed by atoms with Crippen LogP contribution in [0.3, 0.4) is 0 Å². The van der Waals surface area contributed by atoms with Crippen LogP contribution in [0.4, 0.5) is 0 Å². The maximum absolute atomic E-state index is 12.1. The normalized spacial score (nSPS) is 17.9. The highest BCUT2D eigenvalue weighted by Crippen LogP contribution is 2.30. The SMILES string of the molecule is O=C1/C(=C/C=C/c2ccccc2)SC(=S)N1CCS(=O)(=O)O. The molecule has 5 nitrogen and oxygen atoms in total. The number of allylic oxidation sites excluding steroid dienone is 2. The Labute approximate surface area is 138 Å². The van der Waals surface area contributed by atoms with Crippen molar-refractivity contribution in [3.8, 4) is 0 Å². The Kier molecular flexibility index (Phi) is 5.52. The quantitative estimate of drug-likeness (QED) is 0.496. The van der Waals surface area contributed by atoms with Crippen LogP contribution < -0.4 is 0 Å². The fourth-order valence-electron chi connectivity index (χ4n) is 1.72. The minimum atomic E-state index is -4.13. The Hall–Kier alpha value is -1.48. The van der Waals surface area contributed by atoms with E-state index < -0.39 is 15.9 Å². The Bertz CT molecular complexity index is 739. The van der Waals surface area contributed by atoms with Crippen molar-refractivity contribution in [2.75, 3.05) is 12.3 Å². The van der Waals surface area contributed by atoms with Crippen molar-refractivity contribution in [2.45, 2.75) is 0 Å². The third kappa shape index (κ3) is 4.77. The first kappa shape index (κ1) is 16.9. The van der Waals surface area contributed by atoms with Gasteiger partial charge in [-0.05, 0) is 11.6 Å². The van der Waals surface area contributed by atoms with E-state index in [-0.39, 0.29) is 16.8 Å². The van der Waals surface area contributed by atoms with Crippen molar-refractivity contribution >= 4 is 50.4 Å². The summed E-state index contributed by atoms with van der Waals surface area (Å²) in [6, 6.07) is 9.60. The average molecular weight is 355 g/mol. The summed E-state index contributed by atoms with van der Waals surface area (Å²) in [5.41, 5.74) is 1.00. The first-order chi connectivity index (χ1) is 10.4. The van der Waals surface area contributed by atoms with Gasteiger partial charge in [0, 0.05) is 6.54 Å². The number of nitrogens with zero attached hydrogens (tertiary/aromatic N) is 1. The molecule has 0 saturated carbocycles. The largest absolute Gasteiger partial charge is 0.292 e. The molecule has 116 valence electrons. The van der Waals surface area contributed by atoms with E-state index in [0.29, 0.717) is 4.91 Å². The lowest BCUT2D eigenvalue weighted by Crippen LogP contribution is -2.32. The topological polar surface area (TPSA) is 74.7 Å². The number of thioether (sulfide) groups is 1. The van der Waals surface area contributed by atoms with E-state index in [2.05, 4.69) is 0 Å². The molecule has 1 aromatic rings. The molecule has 0 aromatic heterocycles. The van der Waals surface area contributed by atoms with Gasteiger partial charge in [0.1, 0.15) is 4.32 Å². The fraction of sp³-hybridized carbons (Fsp3) is 0.143. The fourth-order valence-corrected chi connectivity index (χ4v) is 3.40. The van der Waals surface area contributed by atoms with Crippen molar-refractivity contribution in [1.29, 1.82) is 0 Å². The van der Waals surface area contributed by atoms with Gasteiger partial charge in [-0.3, -0.25) is 14.2 Å². The molecule has 1 N–H and O–H groups in total. The third-order valence-corrected chi connectivity index (χ3v) is 4.88. The molecule has 1 aromatic carbocycles. The monoisotopic (exact) mass is 355 g/mol. The zero-order valence-electron chi connectivity index (χ0n) is 11.4. The van der Waals surface area contributed by atoms with Gasteiger partial charge in [-0.1, -0.05) is 66.5 Å². The molecule has 1 saturated heterocycles. The molecule has 1 aliphatic rings. The number of thiocarbonyl (C=S) groups is 1. The minimum Gasteiger partial charge on any atom is -0.292 e. The molecule has 0 aliphatic carbocycles. The summed E-state index contributed by atoms with van der Waals surface area (Å²) < 4.78 is 30.5. The Morgan fingerprint density at radius 1 is 1.27 bits per heavy atom. The Morgan fingerprint density at radius 2 is 1.95 bits per heavy atom. The van der Waals surface area contributed by atoms with Gasteiger partial charge in [-0.2, -0.15) is 8.42 Å². The van der Waals surface area contributed by atoms with Gasteiger partial charge in [0.25, 0.3) is 16.0 Å². The molecule has 1 aliphatic heterocycles. The summed E-state index contributed by atoms with van der Waals surface area (Å²) in [5.74, 6) is -0.886. The predicted octanol–water partition coefficient (Wildman–Crippen LogP) is 2.33. The summed E-state index contributed by atoms with van der Waals surface area (Å²) in [6.07, 6.45) is 5.23. The van der Waals surface area contributed by atoms with E-state index in [1.807, 2.05) is 36.4 Å². The second-order valence-corrected chi connectivity index (χ2v) is 7.66. The molecule has 1 heterocycles. The Morgan fingerprint density at radius 3 is 2.59 bits per heavy atom. The Balaban J connectivity index is 2.04. The van der Waals surface area contributed by atoms with Crippen molar-refractivity contribution in [3.63, 3.8) is 0 Å². The van der Waals surface area contributed by atoms with Gasteiger partial charge in [-0.25, -0.2) is 0 Å². The lowest BCUT2D eigenvalue weighted by Gasteiger charge is -2.12. The van der Waals surface area contributed by atoms with E-state index in [1.165, 1.54) is 4.90 Å². The minimum absolute atomic E-state index is 0.150. The number of rotatable bonds is 5. The lowest BCUT2D eigenvalue weighted by atomic mass is 10.2. The van der Waals surface area contributed by atoms with Gasteiger partial charge in [-0.15, -0.1) is 0 Å². The molecule has 0 atom stereocenters. The van der Waals surface area contributed by atoms with Crippen LogP contribution in [0.1, 0.15) is 5.56 Å². The molecule has 22 heavy (non-hydrogen) atoms. The summed E-state index contributed by atoms with van der Waals surface area (Å²) in [5, 5.41) is 0. The summed E-state index contributed by atoms with van der Waals surface area (Å²) in [7, 11) is -4.13. The van der Waals surface area contributed by atoms with Gasteiger partial charge in [0.05, 0.1) is 10.7 Å². The van der Waals surface area contributed by atoms with Crippen LogP contribution in [0.15, 0.2) is 47.4 Å². The summed E-state index contributed by atoms with van der Waals surface area (Å²) >= 11 is 6.16. The highest BCUT2D eigenvalue weighted by atomic mass is 32.2. The van der Waals surface area contributed by atoms with Crippen LogP contribution in [0.2, 0.25) is 0 Å². The van der Waals surface area contributed by atoms with Crippen LogP contribution in [0, 0.1) is 0 Å². The number of benzene rings is 1. The molecule has 8 heteroatoms. The van der Waals surface area contributed by atoms with Crippen LogP contribution in [0.5, 0.6) is 0 Å². The smallest absolute Gasteiger partial charge is 0.266 e. The van der Waals surface area contributed by atoms with Crippen LogP contribution >= 0.6 is 24.0 Å². The molecule has 0 radical (unpaired) electrons. The maximum atomic E-state index is 12.1. The van der Waals surface area contributed by atoms with Crippen molar-refractivity contribution in [1.82, 2.24) is 4.90 Å². The lowest BCUT2D eigenvalue weighted by molar-refractivity contribution is -0.122. The van der Waals surface area contributed by atoms with E-state index in [1.54, 1.807) is 12.2 Å². The third-order valence-electron chi connectivity index (χ3n) is 2.78. The number of carbonyl (C=O) groups excluding carboxylic acids is 1. The molecular formula is C14H13NO4S3. The van der Waals surface area contributed by atoms with Crippen LogP contribution in [0.25, 0.3) is 6.08 Å². The molecular weight excluding hydrogens is 342 g/mol. The average Bonchev–Trinajstić information content (AvgIpc) is 2.72. The maximum Gasteiger partial charge on any atom is 0.266 e. The standard InChI is InChI=1S/C14H13NO4S3/c16-13-12(8-4-7-11-5-2-1-3-6-11)21-14(20)15(13)9-10-22(17,18)19/h1-8H,9-10H2,(H,17,18,19)/b7-4+,12-8-. The predicted molar refractivity (Wildman–Crippen MR) is 91.9 cm³/mol. The van der Waals surface area contributed by atoms with Crippen LogP contribution in [-0.2, 0) is 14.9 Å². The van der Waals surface area contributed by atoms with Gasteiger partial charge < -0.3 is 0 Å². The number of hydrogen-bond acceptors (Lipinski definition) is 5. The first-order valence-electron chi connectivity index (χ1n) is 6.29. The number of hydrogen-bond donors (Lipinski definition) is 1. The van der Waals surface area contributed by atoms with Gasteiger partial charge in [0.2, 0.25) is 0 Å².